The first kappa shape index (κ1) is 12.1. The summed E-state index contributed by atoms with van der Waals surface area (Å²) in [6, 6.07) is 2.76. The lowest BCUT2D eigenvalue weighted by atomic mass is 9.98. The van der Waals surface area contributed by atoms with Crippen molar-refractivity contribution in [1.29, 1.82) is 0 Å². The molecule has 4 heteroatoms. The summed E-state index contributed by atoms with van der Waals surface area (Å²) in [5.74, 6) is 3.83. The number of nitrogens with two attached hydrogens (primary N) is 1. The van der Waals surface area contributed by atoms with E-state index in [1.165, 1.54) is 12.1 Å². The smallest absolute Gasteiger partial charge is 0.132 e. The maximum atomic E-state index is 13.8. The van der Waals surface area contributed by atoms with Crippen LogP contribution in [-0.2, 0) is 11.3 Å². The highest BCUT2D eigenvalue weighted by molar-refractivity contribution is 5.29. The summed E-state index contributed by atoms with van der Waals surface area (Å²) in [5.41, 5.74) is 0.565. The molecule has 0 bridgehead atoms. The molecule has 2 N–H and O–H groups in total. The van der Waals surface area contributed by atoms with Crippen molar-refractivity contribution in [3.63, 3.8) is 0 Å². The van der Waals surface area contributed by atoms with E-state index in [1.54, 1.807) is 0 Å². The zero-order valence-corrected chi connectivity index (χ0v) is 8.89. The monoisotopic (exact) mass is 215 g/mol. The highest BCUT2D eigenvalue weighted by Gasteiger charge is 2.15. The summed E-state index contributed by atoms with van der Waals surface area (Å²) in [5, 5.41) is 0. The van der Waals surface area contributed by atoms with Gasteiger partial charge in [-0.05, 0) is 17.5 Å². The first-order valence-corrected chi connectivity index (χ1v) is 4.86. The molecular weight excluding hydrogens is 200 g/mol. The normalized spacial score (nSPS) is 11.1. The molecule has 0 radical (unpaired) electrons. The molecule has 1 aromatic carbocycles. The Kier molecular flexibility index (Phi) is 4.17. The molecule has 0 aromatic heterocycles. The quantitative estimate of drug-likeness (QED) is 0.783. The molecule has 0 atom stereocenters. The van der Waals surface area contributed by atoms with Gasteiger partial charge in [0.25, 0.3) is 0 Å². The lowest BCUT2D eigenvalue weighted by molar-refractivity contribution is 0.140. The van der Waals surface area contributed by atoms with Crippen LogP contribution in [0.1, 0.15) is 30.9 Å². The van der Waals surface area contributed by atoms with Gasteiger partial charge in [-0.2, -0.15) is 0 Å². The fraction of sp³-hybridized carbons (Fsp3) is 0.455. The van der Waals surface area contributed by atoms with E-state index in [4.69, 9.17) is 5.90 Å². The molecule has 0 spiro atoms. The summed E-state index contributed by atoms with van der Waals surface area (Å²) >= 11 is 0. The fourth-order valence-electron chi connectivity index (χ4n) is 1.45. The van der Waals surface area contributed by atoms with Gasteiger partial charge in [0.15, 0.2) is 0 Å². The van der Waals surface area contributed by atoms with Crippen LogP contribution >= 0.6 is 0 Å². The Balaban J connectivity index is 3.06. The Hall–Kier alpha value is -1.00. The average Bonchev–Trinajstić information content (AvgIpc) is 2.17. The molecule has 0 fully saturated rings. The Labute approximate surface area is 88.0 Å². The fourth-order valence-corrected chi connectivity index (χ4v) is 1.45. The van der Waals surface area contributed by atoms with Gasteiger partial charge in [0, 0.05) is 12.0 Å². The number of halogens is 2. The highest BCUT2D eigenvalue weighted by Crippen LogP contribution is 2.23. The molecule has 0 aliphatic heterocycles. The first-order valence-electron chi connectivity index (χ1n) is 4.86. The minimum Gasteiger partial charge on any atom is -0.304 e. The lowest BCUT2D eigenvalue weighted by Gasteiger charge is -2.11. The Bertz CT molecular complexity index is 340. The maximum Gasteiger partial charge on any atom is 0.132 e. The summed E-state index contributed by atoms with van der Waals surface area (Å²) in [6.45, 7) is 3.83. The molecule has 0 aliphatic rings. The number of rotatable bonds is 4. The second kappa shape index (κ2) is 5.19. The third kappa shape index (κ3) is 2.73. The third-order valence-electron chi connectivity index (χ3n) is 2.31. The van der Waals surface area contributed by atoms with E-state index in [0.29, 0.717) is 5.56 Å². The minimum absolute atomic E-state index is 0.0307. The second-order valence-corrected chi connectivity index (χ2v) is 3.70. The van der Waals surface area contributed by atoms with Crippen molar-refractivity contribution in [2.24, 2.45) is 5.90 Å². The molecule has 0 amide bonds. The van der Waals surface area contributed by atoms with Crippen LogP contribution in [-0.4, -0.2) is 6.61 Å². The van der Waals surface area contributed by atoms with E-state index in [1.807, 2.05) is 13.8 Å². The molecule has 1 rings (SSSR count). The molecular formula is C11H15F2NO. The van der Waals surface area contributed by atoms with Crippen molar-refractivity contribution >= 4 is 0 Å². The third-order valence-corrected chi connectivity index (χ3v) is 2.31. The van der Waals surface area contributed by atoms with Gasteiger partial charge in [-0.1, -0.05) is 19.9 Å². The summed E-state index contributed by atoms with van der Waals surface area (Å²) in [6.07, 6.45) is 0.148. The van der Waals surface area contributed by atoms with Crippen molar-refractivity contribution in [2.45, 2.75) is 26.2 Å². The standard InChI is InChI=1S/C11H15F2NO/c1-7(2)8-3-4-10(12)9(11(8)13)5-6-15-14/h3-4,7H,5-6,14H2,1-2H3. The summed E-state index contributed by atoms with van der Waals surface area (Å²) < 4.78 is 27.1. The van der Waals surface area contributed by atoms with Crippen LogP contribution in [0.5, 0.6) is 0 Å². The molecule has 0 saturated heterocycles. The van der Waals surface area contributed by atoms with E-state index in [-0.39, 0.29) is 24.5 Å². The highest BCUT2D eigenvalue weighted by atomic mass is 19.1. The van der Waals surface area contributed by atoms with Gasteiger partial charge in [0.05, 0.1) is 6.61 Å². The van der Waals surface area contributed by atoms with Gasteiger partial charge in [0.1, 0.15) is 11.6 Å². The van der Waals surface area contributed by atoms with E-state index < -0.39 is 11.6 Å². The van der Waals surface area contributed by atoms with Crippen molar-refractivity contribution in [3.8, 4) is 0 Å². The van der Waals surface area contributed by atoms with Crippen LogP contribution in [0.25, 0.3) is 0 Å². The van der Waals surface area contributed by atoms with Crippen molar-refractivity contribution in [1.82, 2.24) is 0 Å². The Morgan fingerprint density at radius 1 is 1.33 bits per heavy atom. The molecule has 84 valence electrons. The molecule has 0 aliphatic carbocycles. The largest absolute Gasteiger partial charge is 0.304 e. The van der Waals surface area contributed by atoms with Crippen LogP contribution in [0.4, 0.5) is 8.78 Å². The maximum absolute atomic E-state index is 13.8. The SMILES string of the molecule is CC(C)c1ccc(F)c(CCON)c1F. The molecule has 15 heavy (non-hydrogen) atoms. The molecule has 0 heterocycles. The number of benzene rings is 1. The number of hydrogen-bond acceptors (Lipinski definition) is 2. The Morgan fingerprint density at radius 2 is 2.00 bits per heavy atom. The number of hydrogen-bond donors (Lipinski definition) is 1. The van der Waals surface area contributed by atoms with E-state index in [9.17, 15) is 8.78 Å². The predicted octanol–water partition coefficient (Wildman–Crippen LogP) is 2.52. The van der Waals surface area contributed by atoms with Gasteiger partial charge in [0.2, 0.25) is 0 Å². The molecule has 0 unspecified atom stereocenters. The minimum atomic E-state index is -0.547. The van der Waals surface area contributed by atoms with E-state index in [2.05, 4.69) is 4.84 Å². The molecule has 0 saturated carbocycles. The topological polar surface area (TPSA) is 35.2 Å². The molecule has 1 aromatic rings. The average molecular weight is 215 g/mol. The van der Waals surface area contributed by atoms with Gasteiger partial charge >= 0.3 is 0 Å². The Morgan fingerprint density at radius 3 is 2.53 bits per heavy atom. The van der Waals surface area contributed by atoms with Gasteiger partial charge in [-0.25, -0.2) is 14.7 Å². The van der Waals surface area contributed by atoms with Crippen molar-refractivity contribution in [3.05, 3.63) is 34.9 Å². The van der Waals surface area contributed by atoms with Gasteiger partial charge in [-0.3, -0.25) is 0 Å². The van der Waals surface area contributed by atoms with Crippen LogP contribution < -0.4 is 5.90 Å². The van der Waals surface area contributed by atoms with Crippen LogP contribution in [0.15, 0.2) is 12.1 Å². The van der Waals surface area contributed by atoms with Crippen LogP contribution in [0, 0.1) is 11.6 Å². The summed E-state index contributed by atoms with van der Waals surface area (Å²) in [4.78, 5) is 4.32. The van der Waals surface area contributed by atoms with Crippen molar-refractivity contribution < 1.29 is 13.6 Å². The van der Waals surface area contributed by atoms with E-state index in [0.717, 1.165) is 0 Å². The zero-order chi connectivity index (χ0) is 11.4. The van der Waals surface area contributed by atoms with Crippen molar-refractivity contribution in [2.75, 3.05) is 6.61 Å². The zero-order valence-electron chi connectivity index (χ0n) is 8.89. The van der Waals surface area contributed by atoms with Crippen LogP contribution in [0.3, 0.4) is 0 Å². The first-order chi connectivity index (χ1) is 7.07. The second-order valence-electron chi connectivity index (χ2n) is 3.70. The van der Waals surface area contributed by atoms with Gasteiger partial charge in [-0.15, -0.1) is 0 Å². The predicted molar refractivity (Wildman–Crippen MR) is 54.3 cm³/mol. The molecule has 2 nitrogen and oxygen atoms in total. The van der Waals surface area contributed by atoms with Crippen LogP contribution in [0.2, 0.25) is 0 Å². The lowest BCUT2D eigenvalue weighted by Crippen LogP contribution is -2.08. The van der Waals surface area contributed by atoms with E-state index >= 15 is 0 Å². The van der Waals surface area contributed by atoms with Gasteiger partial charge < -0.3 is 4.84 Å². The summed E-state index contributed by atoms with van der Waals surface area (Å²) in [7, 11) is 0.